The number of rotatable bonds is 14. The number of benzene rings is 3. The second-order valence-corrected chi connectivity index (χ2v) is 14.7. The van der Waals surface area contributed by atoms with Crippen LogP contribution in [-0.4, -0.2) is 6.16 Å². The topological polar surface area (TPSA) is 0 Å². The van der Waals surface area contributed by atoms with E-state index in [9.17, 15) is 0 Å². The molecule has 0 aliphatic carbocycles. The molecule has 0 N–H and O–H groups in total. The van der Waals surface area contributed by atoms with Crippen molar-refractivity contribution in [3.8, 4) is 0 Å². The normalized spacial score (nSPS) is 12.1. The summed E-state index contributed by atoms with van der Waals surface area (Å²) in [5.41, 5.74) is 0. The first-order chi connectivity index (χ1) is 16.6. The van der Waals surface area contributed by atoms with Gasteiger partial charge in [0.15, 0.2) is 0 Å². The molecule has 0 fully saturated rings. The van der Waals surface area contributed by atoms with E-state index in [0.29, 0.717) is 0 Å². The van der Waals surface area contributed by atoms with Gasteiger partial charge in [-0.25, -0.2) is 0 Å². The number of hydrogen-bond acceptors (Lipinski definition) is 0. The van der Waals surface area contributed by atoms with Gasteiger partial charge in [-0.2, -0.15) is 0 Å². The molecule has 0 spiro atoms. The molecule has 0 amide bonds. The molecule has 0 aliphatic heterocycles. The summed E-state index contributed by atoms with van der Waals surface area (Å²) >= 11 is 18.9. The Hall–Kier alpha value is -1.04. The van der Waals surface area contributed by atoms with Crippen LogP contribution in [0.3, 0.4) is 0 Å². The van der Waals surface area contributed by atoms with Gasteiger partial charge in [0, 0.05) is 0 Å². The Balaban J connectivity index is 1.80. The van der Waals surface area contributed by atoms with Crippen molar-refractivity contribution in [3.05, 3.63) is 87.9 Å². The number of unbranched alkanes of at least 4 members (excludes halogenated alkanes) is 9. The molecular formula is C30H38Cl3P. The van der Waals surface area contributed by atoms with Crippen molar-refractivity contribution >= 4 is 58.0 Å². The van der Waals surface area contributed by atoms with Crippen molar-refractivity contribution in [2.45, 2.75) is 71.1 Å². The molecule has 184 valence electrons. The first-order valence-electron chi connectivity index (χ1n) is 12.8. The van der Waals surface area contributed by atoms with Crippen LogP contribution in [0.15, 0.2) is 72.8 Å². The first-order valence-corrected chi connectivity index (χ1v) is 16.2. The van der Waals surface area contributed by atoms with Crippen LogP contribution in [0.4, 0.5) is 0 Å². The molecule has 3 rings (SSSR count). The van der Waals surface area contributed by atoms with Gasteiger partial charge in [0.25, 0.3) is 0 Å². The van der Waals surface area contributed by atoms with Gasteiger partial charge in [0.2, 0.25) is 0 Å². The van der Waals surface area contributed by atoms with Gasteiger partial charge >= 0.3 is 223 Å². The summed E-state index contributed by atoms with van der Waals surface area (Å²) in [5, 5.41) is 6.49. The summed E-state index contributed by atoms with van der Waals surface area (Å²) in [6.07, 6.45) is 14.6. The molecule has 0 saturated carbocycles. The molecule has 0 aliphatic rings. The fourth-order valence-corrected chi connectivity index (χ4v) is 10.2. The SMILES string of the molecule is CCCCCCCCCCCC[PH](c1ccc(Cl)cc1)(c1ccc(Cl)cc1)c1ccc(Cl)cc1. The Morgan fingerprint density at radius 3 is 1.06 bits per heavy atom. The fraction of sp³-hybridized carbons (Fsp3) is 0.400. The quantitative estimate of drug-likeness (QED) is 0.142. The third kappa shape index (κ3) is 7.73. The van der Waals surface area contributed by atoms with Crippen LogP contribution in [0, 0.1) is 0 Å². The molecule has 0 heterocycles. The van der Waals surface area contributed by atoms with Crippen LogP contribution >= 0.6 is 42.1 Å². The third-order valence-electron chi connectivity index (χ3n) is 6.92. The van der Waals surface area contributed by atoms with Crippen molar-refractivity contribution in [1.82, 2.24) is 0 Å². The first kappa shape index (κ1) is 27.5. The zero-order valence-electron chi connectivity index (χ0n) is 20.3. The van der Waals surface area contributed by atoms with E-state index in [1.165, 1.54) is 80.1 Å². The Labute approximate surface area is 222 Å². The monoisotopic (exact) mass is 534 g/mol. The van der Waals surface area contributed by atoms with E-state index in [2.05, 4.69) is 43.3 Å². The molecule has 0 radical (unpaired) electrons. The van der Waals surface area contributed by atoms with Gasteiger partial charge in [-0.1, -0.05) is 0 Å². The molecule has 0 atom stereocenters. The second kappa shape index (κ2) is 14.5. The molecule has 0 nitrogen and oxygen atoms in total. The van der Waals surface area contributed by atoms with Gasteiger partial charge in [0.05, 0.1) is 0 Å². The standard InChI is InChI=1S/C30H38Cl3P/c1-2-3-4-5-6-7-8-9-10-11-24-34(28-18-12-25(31)13-19-28,29-20-14-26(32)15-21-29)30-22-16-27(33)17-23-30/h12-23,34H,2-11,24H2,1H3. The van der Waals surface area contributed by atoms with E-state index >= 15 is 0 Å². The van der Waals surface area contributed by atoms with E-state index < -0.39 is 7.26 Å². The van der Waals surface area contributed by atoms with Gasteiger partial charge in [-0.3, -0.25) is 0 Å². The second-order valence-electron chi connectivity index (χ2n) is 9.36. The van der Waals surface area contributed by atoms with Gasteiger partial charge in [-0.15, -0.1) is 0 Å². The molecule has 3 aromatic carbocycles. The zero-order valence-corrected chi connectivity index (χ0v) is 23.6. The summed E-state index contributed by atoms with van der Waals surface area (Å²) in [5.74, 6) is 0. The average Bonchev–Trinajstić information content (AvgIpc) is 2.85. The third-order valence-corrected chi connectivity index (χ3v) is 12.7. The molecular weight excluding hydrogens is 498 g/mol. The summed E-state index contributed by atoms with van der Waals surface area (Å²) in [6.45, 7) is 2.28. The Morgan fingerprint density at radius 2 is 0.735 bits per heavy atom. The Bertz CT molecular complexity index is 855. The minimum atomic E-state index is -2.26. The van der Waals surface area contributed by atoms with Crippen molar-refractivity contribution < 1.29 is 0 Å². The fourth-order valence-electron chi connectivity index (χ4n) is 5.01. The maximum atomic E-state index is 6.29. The molecule has 0 bridgehead atoms. The van der Waals surface area contributed by atoms with Crippen LogP contribution in [-0.2, 0) is 0 Å². The van der Waals surface area contributed by atoms with Crippen molar-refractivity contribution in [2.24, 2.45) is 0 Å². The Morgan fingerprint density at radius 1 is 0.441 bits per heavy atom. The van der Waals surface area contributed by atoms with E-state index in [-0.39, 0.29) is 0 Å². The average molecular weight is 536 g/mol. The molecule has 4 heteroatoms. The van der Waals surface area contributed by atoms with E-state index in [0.717, 1.165) is 21.2 Å². The number of hydrogen-bond donors (Lipinski definition) is 0. The molecule has 3 aromatic rings. The maximum absolute atomic E-state index is 6.29. The summed E-state index contributed by atoms with van der Waals surface area (Å²) in [6, 6.07) is 25.6. The van der Waals surface area contributed by atoms with Crippen LogP contribution in [0.5, 0.6) is 0 Å². The van der Waals surface area contributed by atoms with Crippen molar-refractivity contribution in [1.29, 1.82) is 0 Å². The summed E-state index contributed by atoms with van der Waals surface area (Å²) in [4.78, 5) is 0. The molecule has 0 unspecified atom stereocenters. The van der Waals surface area contributed by atoms with Gasteiger partial charge < -0.3 is 0 Å². The number of halogens is 3. The van der Waals surface area contributed by atoms with Crippen molar-refractivity contribution in [2.75, 3.05) is 6.16 Å². The molecule has 34 heavy (non-hydrogen) atoms. The van der Waals surface area contributed by atoms with E-state index in [1.54, 1.807) is 0 Å². The van der Waals surface area contributed by atoms with Crippen LogP contribution in [0.2, 0.25) is 15.1 Å². The van der Waals surface area contributed by atoms with E-state index in [4.69, 9.17) is 34.8 Å². The molecule has 0 saturated heterocycles. The van der Waals surface area contributed by atoms with E-state index in [1.807, 2.05) is 36.4 Å². The predicted molar refractivity (Wildman–Crippen MR) is 158 cm³/mol. The summed E-state index contributed by atoms with van der Waals surface area (Å²) in [7, 11) is -2.26. The summed E-state index contributed by atoms with van der Waals surface area (Å²) < 4.78 is 0. The molecule has 0 aromatic heterocycles. The Kier molecular flexibility index (Phi) is 11.7. The van der Waals surface area contributed by atoms with Crippen LogP contribution in [0.1, 0.15) is 71.1 Å². The van der Waals surface area contributed by atoms with Crippen LogP contribution in [0.25, 0.3) is 0 Å². The van der Waals surface area contributed by atoms with Crippen molar-refractivity contribution in [3.63, 3.8) is 0 Å². The minimum absolute atomic E-state index is 0.776. The zero-order chi connectivity index (χ0) is 24.2. The van der Waals surface area contributed by atoms with Gasteiger partial charge in [0.1, 0.15) is 0 Å². The predicted octanol–water partition coefficient (Wildman–Crippen LogP) is 9.59. The van der Waals surface area contributed by atoms with Crippen LogP contribution < -0.4 is 15.9 Å². The van der Waals surface area contributed by atoms with Gasteiger partial charge in [-0.05, 0) is 0 Å².